The maximum absolute atomic E-state index is 12.7. The van der Waals surface area contributed by atoms with Crippen LogP contribution in [0.3, 0.4) is 0 Å². The van der Waals surface area contributed by atoms with Crippen molar-refractivity contribution in [1.29, 1.82) is 0 Å². The molecule has 2 amide bonds. The molecule has 148 valence electrons. The molecule has 1 aliphatic heterocycles. The Balaban J connectivity index is 1.60. The maximum Gasteiger partial charge on any atom is 0.245 e. The second-order valence-corrected chi connectivity index (χ2v) is 8.55. The minimum atomic E-state index is -0.894. The second kappa shape index (κ2) is 8.70. The number of rotatable bonds is 7. The van der Waals surface area contributed by atoms with Crippen LogP contribution in [-0.4, -0.2) is 59.1 Å². The minimum Gasteiger partial charge on any atom is -0.391 e. The zero-order valence-corrected chi connectivity index (χ0v) is 16.1. The van der Waals surface area contributed by atoms with E-state index in [0.29, 0.717) is 6.54 Å². The number of nitrogens with one attached hydrogen (secondary N) is 2. The molecule has 2 aliphatic carbocycles. The third kappa shape index (κ3) is 4.77. The molecule has 3 fully saturated rings. The number of hydrogen-bond donors (Lipinski definition) is 3. The average Bonchev–Trinajstić information content (AvgIpc) is 3.50. The third-order valence-electron chi connectivity index (χ3n) is 6.41. The van der Waals surface area contributed by atoms with Crippen molar-refractivity contribution in [3.8, 4) is 0 Å². The highest BCUT2D eigenvalue weighted by Gasteiger charge is 2.40. The zero-order valence-electron chi connectivity index (χ0n) is 16.1. The summed E-state index contributed by atoms with van der Waals surface area (Å²) in [6, 6.07) is -0.856. The van der Waals surface area contributed by atoms with Gasteiger partial charge in [0.1, 0.15) is 6.04 Å². The number of carbonyl (C=O) groups is 2. The lowest BCUT2D eigenvalue weighted by Gasteiger charge is -2.48. The van der Waals surface area contributed by atoms with Crippen LogP contribution in [0.15, 0.2) is 0 Å². The summed E-state index contributed by atoms with van der Waals surface area (Å²) in [7, 11) is 0. The summed E-state index contributed by atoms with van der Waals surface area (Å²) >= 11 is 0. The van der Waals surface area contributed by atoms with E-state index >= 15 is 0 Å². The van der Waals surface area contributed by atoms with Crippen LogP contribution in [0.5, 0.6) is 0 Å². The van der Waals surface area contributed by atoms with Gasteiger partial charge < -0.3 is 15.7 Å². The van der Waals surface area contributed by atoms with Crippen molar-refractivity contribution >= 4 is 11.8 Å². The summed E-state index contributed by atoms with van der Waals surface area (Å²) in [4.78, 5) is 27.4. The molecule has 0 aromatic heterocycles. The van der Waals surface area contributed by atoms with Gasteiger partial charge in [-0.15, -0.1) is 0 Å². The molecule has 0 spiro atoms. The van der Waals surface area contributed by atoms with Crippen LogP contribution in [0.2, 0.25) is 0 Å². The first kappa shape index (κ1) is 19.6. The first-order chi connectivity index (χ1) is 12.5. The van der Waals surface area contributed by atoms with Gasteiger partial charge in [0.05, 0.1) is 6.10 Å². The summed E-state index contributed by atoms with van der Waals surface area (Å²) in [5.41, 5.74) is 0.0536. The molecular weight excluding hydrogens is 330 g/mol. The number of hydrogen-bond acceptors (Lipinski definition) is 4. The van der Waals surface area contributed by atoms with Gasteiger partial charge in [0.25, 0.3) is 0 Å². The Morgan fingerprint density at radius 1 is 1.08 bits per heavy atom. The molecule has 0 radical (unpaired) electrons. The van der Waals surface area contributed by atoms with Crippen LogP contribution >= 0.6 is 0 Å². The number of carbonyl (C=O) groups excluding carboxylic acids is 2. The van der Waals surface area contributed by atoms with Gasteiger partial charge in [-0.3, -0.25) is 14.5 Å². The highest BCUT2D eigenvalue weighted by atomic mass is 16.3. The van der Waals surface area contributed by atoms with Crippen LogP contribution in [0.4, 0.5) is 0 Å². The van der Waals surface area contributed by atoms with E-state index < -0.39 is 12.1 Å². The van der Waals surface area contributed by atoms with Crippen LogP contribution in [0.1, 0.15) is 71.1 Å². The van der Waals surface area contributed by atoms with Crippen molar-refractivity contribution in [1.82, 2.24) is 15.5 Å². The number of amides is 2. The molecule has 2 saturated carbocycles. The SMILES string of the molecule is CC(O)C(NC(=O)C1CC1)C(=O)NCC1(N2CCCCC2)CCCCC1. The van der Waals surface area contributed by atoms with Gasteiger partial charge in [0.15, 0.2) is 0 Å². The van der Waals surface area contributed by atoms with E-state index in [-0.39, 0.29) is 23.3 Å². The van der Waals surface area contributed by atoms with Crippen molar-refractivity contribution in [3.05, 3.63) is 0 Å². The number of nitrogens with zero attached hydrogens (tertiary/aromatic N) is 1. The fourth-order valence-corrected chi connectivity index (χ4v) is 4.57. The molecule has 2 atom stereocenters. The van der Waals surface area contributed by atoms with E-state index in [1.165, 1.54) is 38.5 Å². The first-order valence-corrected chi connectivity index (χ1v) is 10.5. The highest BCUT2D eigenvalue weighted by Crippen LogP contribution is 2.35. The summed E-state index contributed by atoms with van der Waals surface area (Å²) in [6.07, 6.45) is 10.6. The number of piperidine rings is 1. The van der Waals surface area contributed by atoms with Gasteiger partial charge in [0.2, 0.25) is 11.8 Å². The first-order valence-electron chi connectivity index (χ1n) is 10.5. The lowest BCUT2D eigenvalue weighted by molar-refractivity contribution is -0.132. The zero-order chi connectivity index (χ0) is 18.6. The molecule has 1 saturated heterocycles. The smallest absolute Gasteiger partial charge is 0.245 e. The Labute approximate surface area is 157 Å². The molecule has 26 heavy (non-hydrogen) atoms. The summed E-state index contributed by atoms with van der Waals surface area (Å²) in [5.74, 6) is -0.326. The van der Waals surface area contributed by atoms with Crippen LogP contribution in [0.25, 0.3) is 0 Å². The molecule has 0 aromatic rings. The van der Waals surface area contributed by atoms with Gasteiger partial charge in [-0.2, -0.15) is 0 Å². The fraction of sp³-hybridized carbons (Fsp3) is 0.900. The Hall–Kier alpha value is -1.14. The van der Waals surface area contributed by atoms with Gasteiger partial charge >= 0.3 is 0 Å². The second-order valence-electron chi connectivity index (χ2n) is 8.55. The van der Waals surface area contributed by atoms with Crippen molar-refractivity contribution in [3.63, 3.8) is 0 Å². The number of likely N-dealkylation sites (tertiary alicyclic amines) is 1. The van der Waals surface area contributed by atoms with Crippen LogP contribution in [0, 0.1) is 5.92 Å². The molecule has 3 rings (SSSR count). The molecule has 3 aliphatic rings. The van der Waals surface area contributed by atoms with Gasteiger partial charge in [-0.1, -0.05) is 25.7 Å². The molecule has 0 aromatic carbocycles. The van der Waals surface area contributed by atoms with Crippen LogP contribution in [-0.2, 0) is 9.59 Å². The summed E-state index contributed by atoms with van der Waals surface area (Å²) < 4.78 is 0. The fourth-order valence-electron chi connectivity index (χ4n) is 4.57. The number of aliphatic hydroxyl groups excluding tert-OH is 1. The van der Waals surface area contributed by atoms with E-state index in [0.717, 1.165) is 38.8 Å². The van der Waals surface area contributed by atoms with E-state index in [9.17, 15) is 14.7 Å². The van der Waals surface area contributed by atoms with Gasteiger partial charge in [0, 0.05) is 18.0 Å². The number of aliphatic hydroxyl groups is 1. The van der Waals surface area contributed by atoms with E-state index in [1.54, 1.807) is 6.92 Å². The van der Waals surface area contributed by atoms with Gasteiger partial charge in [-0.25, -0.2) is 0 Å². The Kier molecular flexibility index (Phi) is 6.56. The quantitative estimate of drug-likeness (QED) is 0.640. The average molecular weight is 366 g/mol. The highest BCUT2D eigenvalue weighted by molar-refractivity contribution is 5.89. The lowest BCUT2D eigenvalue weighted by Crippen LogP contribution is -2.61. The molecule has 1 heterocycles. The summed E-state index contributed by atoms with van der Waals surface area (Å²) in [6.45, 7) is 4.43. The molecular formula is C20H35N3O3. The van der Waals surface area contributed by atoms with E-state index in [1.807, 2.05) is 0 Å². The predicted molar refractivity (Wildman–Crippen MR) is 101 cm³/mol. The molecule has 6 heteroatoms. The third-order valence-corrected chi connectivity index (χ3v) is 6.41. The van der Waals surface area contributed by atoms with E-state index in [2.05, 4.69) is 15.5 Å². The lowest BCUT2D eigenvalue weighted by atomic mass is 9.79. The summed E-state index contributed by atoms with van der Waals surface area (Å²) in [5, 5.41) is 15.8. The van der Waals surface area contributed by atoms with Crippen molar-refractivity contribution in [2.24, 2.45) is 5.92 Å². The normalized spacial score (nSPS) is 25.9. The Morgan fingerprint density at radius 2 is 1.69 bits per heavy atom. The largest absolute Gasteiger partial charge is 0.391 e. The Morgan fingerprint density at radius 3 is 2.27 bits per heavy atom. The predicted octanol–water partition coefficient (Wildman–Crippen LogP) is 1.57. The van der Waals surface area contributed by atoms with Gasteiger partial charge in [-0.05, 0) is 58.5 Å². The van der Waals surface area contributed by atoms with Crippen molar-refractivity contribution in [2.75, 3.05) is 19.6 Å². The molecule has 2 unspecified atom stereocenters. The van der Waals surface area contributed by atoms with Crippen LogP contribution < -0.4 is 10.6 Å². The standard InChI is InChI=1S/C20H35N3O3/c1-15(24)17(22-18(25)16-8-9-16)19(26)21-14-20(10-4-2-5-11-20)23-12-6-3-7-13-23/h15-17,24H,2-14H2,1H3,(H,21,26)(H,22,25). The Bertz CT molecular complexity index is 493. The minimum absolute atomic E-state index is 0.0297. The maximum atomic E-state index is 12.7. The van der Waals surface area contributed by atoms with Crippen molar-refractivity contribution in [2.45, 2.75) is 88.8 Å². The topological polar surface area (TPSA) is 81.7 Å². The molecule has 0 bridgehead atoms. The molecule has 3 N–H and O–H groups in total. The van der Waals surface area contributed by atoms with Crippen molar-refractivity contribution < 1.29 is 14.7 Å². The molecule has 6 nitrogen and oxygen atoms in total. The van der Waals surface area contributed by atoms with E-state index in [4.69, 9.17) is 0 Å². The monoisotopic (exact) mass is 365 g/mol.